The largest absolute Gasteiger partial charge is 0.493 e. The van der Waals surface area contributed by atoms with Crippen LogP contribution >= 0.6 is 0 Å². The van der Waals surface area contributed by atoms with E-state index in [1.807, 2.05) is 18.2 Å². The van der Waals surface area contributed by atoms with Crippen LogP contribution in [0.3, 0.4) is 0 Å². The maximum atomic E-state index is 12.5. The Morgan fingerprint density at radius 2 is 2.06 bits per heavy atom. The normalized spacial score (nSPS) is 21.0. The van der Waals surface area contributed by atoms with Crippen molar-refractivity contribution in [1.82, 2.24) is 0 Å². The summed E-state index contributed by atoms with van der Waals surface area (Å²) in [5.74, 6) is 1.28. The van der Waals surface area contributed by atoms with Crippen molar-refractivity contribution in [3.05, 3.63) is 29.3 Å². The molecule has 0 atom stereocenters. The molecule has 2 aliphatic rings. The second kappa shape index (κ2) is 3.86. The number of hydrogen-bond acceptors (Lipinski definition) is 2. The number of carbonyl (C=O) groups excluding carboxylic acids is 1. The van der Waals surface area contributed by atoms with Gasteiger partial charge in [0.2, 0.25) is 0 Å². The minimum absolute atomic E-state index is 0.117. The zero-order valence-corrected chi connectivity index (χ0v) is 10.3. The summed E-state index contributed by atoms with van der Waals surface area (Å²) >= 11 is 0. The molecule has 0 amide bonds. The molecule has 2 heteroatoms. The maximum absolute atomic E-state index is 12.5. The van der Waals surface area contributed by atoms with E-state index in [4.69, 9.17) is 4.74 Å². The lowest BCUT2D eigenvalue weighted by atomic mass is 9.80. The molecular formula is C15H18O2. The number of ether oxygens (including phenoxy) is 1. The number of benzene rings is 1. The van der Waals surface area contributed by atoms with Crippen LogP contribution in [0.15, 0.2) is 18.2 Å². The summed E-state index contributed by atoms with van der Waals surface area (Å²) in [5, 5.41) is 0. The highest BCUT2D eigenvalue weighted by Gasteiger charge is 2.36. The van der Waals surface area contributed by atoms with Crippen LogP contribution in [0.5, 0.6) is 5.75 Å². The van der Waals surface area contributed by atoms with Crippen LogP contribution in [0.25, 0.3) is 0 Å². The molecule has 1 aliphatic heterocycles. The van der Waals surface area contributed by atoms with Gasteiger partial charge in [-0.1, -0.05) is 19.8 Å². The highest BCUT2D eigenvalue weighted by molar-refractivity contribution is 6.00. The van der Waals surface area contributed by atoms with Crippen molar-refractivity contribution < 1.29 is 9.53 Å². The van der Waals surface area contributed by atoms with Crippen LogP contribution in [0.4, 0.5) is 0 Å². The zero-order valence-electron chi connectivity index (χ0n) is 10.3. The highest BCUT2D eigenvalue weighted by atomic mass is 16.5. The molecule has 1 heterocycles. The topological polar surface area (TPSA) is 26.3 Å². The molecular weight excluding hydrogens is 212 g/mol. The Kier molecular flexibility index (Phi) is 2.46. The van der Waals surface area contributed by atoms with Crippen LogP contribution in [0, 0.1) is 5.41 Å². The Bertz CT molecular complexity index is 456. The van der Waals surface area contributed by atoms with E-state index < -0.39 is 0 Å². The third-order valence-corrected chi connectivity index (χ3v) is 4.21. The quantitative estimate of drug-likeness (QED) is 0.728. The van der Waals surface area contributed by atoms with Gasteiger partial charge in [0.15, 0.2) is 5.78 Å². The molecule has 1 aliphatic carbocycles. The molecule has 90 valence electrons. The molecule has 0 radical (unpaired) electrons. The van der Waals surface area contributed by atoms with Crippen LogP contribution in [0.2, 0.25) is 0 Å². The van der Waals surface area contributed by atoms with Crippen LogP contribution in [0.1, 0.15) is 48.5 Å². The molecule has 0 spiro atoms. The number of fused-ring (bicyclic) bond motifs is 1. The summed E-state index contributed by atoms with van der Waals surface area (Å²) in [6.45, 7) is 2.87. The lowest BCUT2D eigenvalue weighted by Crippen LogP contribution is -2.24. The minimum Gasteiger partial charge on any atom is -0.493 e. The first-order chi connectivity index (χ1) is 8.19. The number of Topliss-reactive ketones (excluding diaryl/α,β-unsaturated/α-hetero) is 1. The van der Waals surface area contributed by atoms with Crippen molar-refractivity contribution in [3.63, 3.8) is 0 Å². The van der Waals surface area contributed by atoms with Gasteiger partial charge in [-0.05, 0) is 36.6 Å². The summed E-state index contributed by atoms with van der Waals surface area (Å²) in [6, 6.07) is 5.91. The van der Waals surface area contributed by atoms with Gasteiger partial charge < -0.3 is 4.74 Å². The predicted molar refractivity (Wildman–Crippen MR) is 66.5 cm³/mol. The van der Waals surface area contributed by atoms with E-state index >= 15 is 0 Å². The lowest BCUT2D eigenvalue weighted by Gasteiger charge is -2.21. The SMILES string of the molecule is CC1(C(=O)c2ccc3c(c2)CCO3)CCCC1. The van der Waals surface area contributed by atoms with Crippen LogP contribution in [-0.4, -0.2) is 12.4 Å². The Morgan fingerprint density at radius 1 is 1.29 bits per heavy atom. The zero-order chi connectivity index (χ0) is 11.9. The number of ketones is 1. The summed E-state index contributed by atoms with van der Waals surface area (Å²) in [5.41, 5.74) is 1.95. The van der Waals surface area contributed by atoms with Crippen molar-refractivity contribution in [2.75, 3.05) is 6.61 Å². The van der Waals surface area contributed by atoms with Gasteiger partial charge in [0.1, 0.15) is 5.75 Å². The van der Waals surface area contributed by atoms with Crippen molar-refractivity contribution in [2.24, 2.45) is 5.41 Å². The van der Waals surface area contributed by atoms with Gasteiger partial charge in [-0.25, -0.2) is 0 Å². The Balaban J connectivity index is 1.91. The van der Waals surface area contributed by atoms with Crippen LogP contribution < -0.4 is 4.74 Å². The summed E-state index contributed by atoms with van der Waals surface area (Å²) < 4.78 is 5.47. The molecule has 17 heavy (non-hydrogen) atoms. The smallest absolute Gasteiger partial charge is 0.168 e. The van der Waals surface area contributed by atoms with Crippen LogP contribution in [-0.2, 0) is 6.42 Å². The Morgan fingerprint density at radius 3 is 2.82 bits per heavy atom. The summed E-state index contributed by atoms with van der Waals surface area (Å²) in [7, 11) is 0. The molecule has 0 unspecified atom stereocenters. The van der Waals surface area contributed by atoms with Crippen molar-refractivity contribution in [3.8, 4) is 5.75 Å². The summed E-state index contributed by atoms with van der Waals surface area (Å²) in [4.78, 5) is 12.5. The first-order valence-corrected chi connectivity index (χ1v) is 6.50. The minimum atomic E-state index is -0.117. The van der Waals surface area contributed by atoms with Gasteiger partial charge in [0.05, 0.1) is 6.61 Å². The summed E-state index contributed by atoms with van der Waals surface area (Å²) in [6.07, 6.45) is 5.40. The molecule has 1 aromatic carbocycles. The Labute approximate surface area is 102 Å². The molecule has 1 aromatic rings. The van der Waals surface area contributed by atoms with Crippen molar-refractivity contribution >= 4 is 5.78 Å². The molecule has 0 N–H and O–H groups in total. The molecule has 0 bridgehead atoms. The number of hydrogen-bond donors (Lipinski definition) is 0. The lowest BCUT2D eigenvalue weighted by molar-refractivity contribution is 0.0823. The highest BCUT2D eigenvalue weighted by Crippen LogP contribution is 2.41. The molecule has 0 aromatic heterocycles. The number of rotatable bonds is 2. The van der Waals surface area contributed by atoms with Crippen molar-refractivity contribution in [2.45, 2.75) is 39.0 Å². The average Bonchev–Trinajstić information content (AvgIpc) is 2.96. The molecule has 1 fully saturated rings. The predicted octanol–water partition coefficient (Wildman–Crippen LogP) is 3.38. The van der Waals surface area contributed by atoms with Gasteiger partial charge in [0, 0.05) is 17.4 Å². The molecule has 0 saturated heterocycles. The van der Waals surface area contributed by atoms with E-state index in [9.17, 15) is 4.79 Å². The molecule has 1 saturated carbocycles. The monoisotopic (exact) mass is 230 g/mol. The average molecular weight is 230 g/mol. The van der Waals surface area contributed by atoms with E-state index in [-0.39, 0.29) is 5.41 Å². The second-order valence-corrected chi connectivity index (χ2v) is 5.52. The first-order valence-electron chi connectivity index (χ1n) is 6.50. The fourth-order valence-electron chi connectivity index (χ4n) is 3.06. The van der Waals surface area contributed by atoms with E-state index in [0.717, 1.165) is 37.2 Å². The van der Waals surface area contributed by atoms with Gasteiger partial charge >= 0.3 is 0 Å². The fraction of sp³-hybridized carbons (Fsp3) is 0.533. The molecule has 2 nitrogen and oxygen atoms in total. The second-order valence-electron chi connectivity index (χ2n) is 5.52. The standard InChI is InChI=1S/C15H18O2/c1-15(7-2-3-8-15)14(16)12-4-5-13-11(10-12)6-9-17-13/h4-5,10H,2-3,6-9H2,1H3. The Hall–Kier alpha value is -1.31. The van der Waals surface area contributed by atoms with Gasteiger partial charge in [-0.2, -0.15) is 0 Å². The van der Waals surface area contributed by atoms with Gasteiger partial charge in [0.25, 0.3) is 0 Å². The fourth-order valence-corrected chi connectivity index (χ4v) is 3.06. The number of carbonyl (C=O) groups is 1. The third-order valence-electron chi connectivity index (χ3n) is 4.21. The maximum Gasteiger partial charge on any atom is 0.168 e. The first kappa shape index (κ1) is 10.8. The van der Waals surface area contributed by atoms with Gasteiger partial charge in [-0.15, -0.1) is 0 Å². The molecule has 3 rings (SSSR count). The van der Waals surface area contributed by atoms with E-state index in [1.54, 1.807) is 0 Å². The third kappa shape index (κ3) is 1.76. The van der Waals surface area contributed by atoms with E-state index in [0.29, 0.717) is 5.78 Å². The van der Waals surface area contributed by atoms with Gasteiger partial charge in [-0.3, -0.25) is 4.79 Å². The van der Waals surface area contributed by atoms with E-state index in [2.05, 4.69) is 6.92 Å². The van der Waals surface area contributed by atoms with E-state index in [1.165, 1.54) is 18.4 Å². The van der Waals surface area contributed by atoms with Crippen molar-refractivity contribution in [1.29, 1.82) is 0 Å².